The van der Waals surface area contributed by atoms with E-state index >= 15 is 0 Å². The van der Waals surface area contributed by atoms with E-state index in [0.717, 1.165) is 0 Å². The minimum absolute atomic E-state index is 0.245. The van der Waals surface area contributed by atoms with Crippen LogP contribution in [0, 0.1) is 5.82 Å². The first-order valence-electron chi connectivity index (χ1n) is 8.60. The highest BCUT2D eigenvalue weighted by Gasteiger charge is 2.09. The lowest BCUT2D eigenvalue weighted by atomic mass is 10.1. The first-order valence-corrected chi connectivity index (χ1v) is 8.60. The Morgan fingerprint density at radius 1 is 0.964 bits per heavy atom. The summed E-state index contributed by atoms with van der Waals surface area (Å²) in [4.78, 5) is 28.3. The molecule has 6 nitrogen and oxygen atoms in total. The minimum atomic E-state index is -0.337. The second kappa shape index (κ2) is 9.27. The van der Waals surface area contributed by atoms with E-state index in [1.54, 1.807) is 42.6 Å². The van der Waals surface area contributed by atoms with Crippen molar-refractivity contribution in [1.29, 1.82) is 0 Å². The number of carbonyl (C=O) groups is 2. The first-order chi connectivity index (χ1) is 13.6. The molecule has 0 radical (unpaired) electrons. The fourth-order valence-corrected chi connectivity index (χ4v) is 2.40. The predicted octanol–water partition coefficient (Wildman–Crippen LogP) is 3.28. The molecule has 0 unspecified atom stereocenters. The van der Waals surface area contributed by atoms with Crippen LogP contribution >= 0.6 is 0 Å². The maximum Gasteiger partial charge on any atom is 0.257 e. The van der Waals surface area contributed by atoms with E-state index in [9.17, 15) is 14.0 Å². The molecular formula is C21H18FN3O3. The molecule has 0 aliphatic heterocycles. The number of hydrogen-bond donors (Lipinski definition) is 2. The molecule has 3 rings (SSSR count). The van der Waals surface area contributed by atoms with Gasteiger partial charge in [-0.1, -0.05) is 6.07 Å². The Kier molecular flexibility index (Phi) is 6.30. The lowest BCUT2D eigenvalue weighted by molar-refractivity contribution is 0.0945. The first kappa shape index (κ1) is 19.0. The number of amides is 2. The van der Waals surface area contributed by atoms with Gasteiger partial charge in [0.15, 0.2) is 0 Å². The Morgan fingerprint density at radius 2 is 1.75 bits per heavy atom. The van der Waals surface area contributed by atoms with E-state index in [0.29, 0.717) is 22.6 Å². The van der Waals surface area contributed by atoms with Crippen molar-refractivity contribution in [2.24, 2.45) is 0 Å². The molecular weight excluding hydrogens is 361 g/mol. The highest BCUT2D eigenvalue weighted by atomic mass is 19.1. The second-order valence-corrected chi connectivity index (χ2v) is 5.83. The molecule has 1 aromatic heterocycles. The third-order valence-corrected chi connectivity index (χ3v) is 3.78. The molecule has 2 amide bonds. The van der Waals surface area contributed by atoms with Gasteiger partial charge in [-0.25, -0.2) is 4.39 Å². The number of rotatable bonds is 7. The molecule has 0 aliphatic carbocycles. The van der Waals surface area contributed by atoms with Gasteiger partial charge in [-0.05, 0) is 54.6 Å². The lowest BCUT2D eigenvalue weighted by Gasteiger charge is -2.09. The average molecular weight is 379 g/mol. The number of ether oxygens (including phenoxy) is 1. The van der Waals surface area contributed by atoms with Gasteiger partial charge in [0.25, 0.3) is 11.8 Å². The molecule has 7 heteroatoms. The molecule has 1 heterocycles. The average Bonchev–Trinajstić information content (AvgIpc) is 2.73. The van der Waals surface area contributed by atoms with Crippen molar-refractivity contribution in [3.8, 4) is 5.75 Å². The smallest absolute Gasteiger partial charge is 0.257 e. The zero-order valence-electron chi connectivity index (χ0n) is 14.9. The van der Waals surface area contributed by atoms with Crippen LogP contribution in [0.15, 0.2) is 73.1 Å². The molecule has 0 aliphatic rings. The topological polar surface area (TPSA) is 80.3 Å². The van der Waals surface area contributed by atoms with E-state index in [1.807, 2.05) is 0 Å². The highest BCUT2D eigenvalue weighted by Crippen LogP contribution is 2.13. The van der Waals surface area contributed by atoms with Crippen molar-refractivity contribution in [2.45, 2.75) is 0 Å². The number of nitrogens with zero attached hydrogens (tertiary/aromatic N) is 1. The predicted molar refractivity (Wildman–Crippen MR) is 103 cm³/mol. The van der Waals surface area contributed by atoms with Crippen LogP contribution in [0.2, 0.25) is 0 Å². The highest BCUT2D eigenvalue weighted by molar-refractivity contribution is 6.04. The van der Waals surface area contributed by atoms with Crippen LogP contribution in [-0.2, 0) is 0 Å². The molecule has 28 heavy (non-hydrogen) atoms. The van der Waals surface area contributed by atoms with Gasteiger partial charge in [0.05, 0.1) is 12.1 Å². The van der Waals surface area contributed by atoms with Gasteiger partial charge in [-0.15, -0.1) is 0 Å². The number of aromatic nitrogens is 1. The van der Waals surface area contributed by atoms with Crippen LogP contribution in [0.3, 0.4) is 0 Å². The van der Waals surface area contributed by atoms with Gasteiger partial charge in [0.2, 0.25) is 0 Å². The Balaban J connectivity index is 1.50. The standard InChI is InChI=1S/C21H18FN3O3/c22-17-6-8-19(9-7-17)28-12-11-24-20(26)15-3-1-5-18(13-15)25-21(27)16-4-2-10-23-14-16/h1-10,13-14H,11-12H2,(H,24,26)(H,25,27). The Bertz CT molecular complexity index is 947. The molecule has 0 saturated heterocycles. The van der Waals surface area contributed by atoms with Gasteiger partial charge in [-0.2, -0.15) is 0 Å². The normalized spacial score (nSPS) is 10.2. The van der Waals surface area contributed by atoms with Crippen LogP contribution in [0.4, 0.5) is 10.1 Å². The number of carbonyl (C=O) groups excluding carboxylic acids is 2. The summed E-state index contributed by atoms with van der Waals surface area (Å²) >= 11 is 0. The largest absolute Gasteiger partial charge is 0.492 e. The number of nitrogens with one attached hydrogen (secondary N) is 2. The molecule has 3 aromatic rings. The van der Waals surface area contributed by atoms with Gasteiger partial charge < -0.3 is 15.4 Å². The number of halogens is 1. The summed E-state index contributed by atoms with van der Waals surface area (Å²) in [5.41, 5.74) is 1.34. The maximum atomic E-state index is 12.8. The molecule has 0 spiro atoms. The van der Waals surface area contributed by atoms with Crippen LogP contribution in [0.25, 0.3) is 0 Å². The van der Waals surface area contributed by atoms with Gasteiger partial charge >= 0.3 is 0 Å². The maximum absolute atomic E-state index is 12.8. The quantitative estimate of drug-likeness (QED) is 0.618. The van der Waals surface area contributed by atoms with E-state index in [2.05, 4.69) is 15.6 Å². The van der Waals surface area contributed by atoms with E-state index in [4.69, 9.17) is 4.74 Å². The zero-order chi connectivity index (χ0) is 19.8. The van der Waals surface area contributed by atoms with Crippen LogP contribution < -0.4 is 15.4 Å². The van der Waals surface area contributed by atoms with Gasteiger partial charge in [0, 0.05) is 23.6 Å². The summed E-state index contributed by atoms with van der Waals surface area (Å²) in [6, 6.07) is 15.6. The van der Waals surface area contributed by atoms with E-state index in [-0.39, 0.29) is 30.8 Å². The summed E-state index contributed by atoms with van der Waals surface area (Å²) in [7, 11) is 0. The third-order valence-electron chi connectivity index (χ3n) is 3.78. The summed E-state index contributed by atoms with van der Waals surface area (Å²) in [6.45, 7) is 0.525. The van der Waals surface area contributed by atoms with Crippen LogP contribution in [0.5, 0.6) is 5.75 Å². The lowest BCUT2D eigenvalue weighted by Crippen LogP contribution is -2.28. The van der Waals surface area contributed by atoms with Crippen molar-refractivity contribution in [2.75, 3.05) is 18.5 Å². The molecule has 0 saturated carbocycles. The minimum Gasteiger partial charge on any atom is -0.492 e. The van der Waals surface area contributed by atoms with Crippen molar-refractivity contribution >= 4 is 17.5 Å². The van der Waals surface area contributed by atoms with Gasteiger partial charge in [0.1, 0.15) is 18.2 Å². The summed E-state index contributed by atoms with van der Waals surface area (Å²) in [6.07, 6.45) is 3.05. The van der Waals surface area contributed by atoms with E-state index < -0.39 is 0 Å². The summed E-state index contributed by atoms with van der Waals surface area (Å²) in [5, 5.41) is 5.46. The molecule has 0 fully saturated rings. The number of anilines is 1. The molecule has 2 N–H and O–H groups in total. The van der Waals surface area contributed by atoms with Crippen molar-refractivity contribution in [3.05, 3.63) is 90.0 Å². The van der Waals surface area contributed by atoms with Crippen LogP contribution in [-0.4, -0.2) is 29.9 Å². The Morgan fingerprint density at radius 3 is 2.50 bits per heavy atom. The SMILES string of the molecule is O=C(NCCOc1ccc(F)cc1)c1cccc(NC(=O)c2cccnc2)c1. The number of benzene rings is 2. The van der Waals surface area contributed by atoms with Crippen LogP contribution in [0.1, 0.15) is 20.7 Å². The fraction of sp³-hybridized carbons (Fsp3) is 0.0952. The third kappa shape index (κ3) is 5.38. The van der Waals surface area contributed by atoms with Gasteiger partial charge in [-0.3, -0.25) is 14.6 Å². The number of pyridine rings is 1. The number of hydrogen-bond acceptors (Lipinski definition) is 4. The monoisotopic (exact) mass is 379 g/mol. The Labute approximate surface area is 161 Å². The zero-order valence-corrected chi connectivity index (χ0v) is 14.9. The fourth-order valence-electron chi connectivity index (χ4n) is 2.40. The second-order valence-electron chi connectivity index (χ2n) is 5.83. The van der Waals surface area contributed by atoms with E-state index in [1.165, 1.54) is 30.5 Å². The van der Waals surface area contributed by atoms with Crippen molar-refractivity contribution in [1.82, 2.24) is 10.3 Å². The summed E-state index contributed by atoms with van der Waals surface area (Å²) < 4.78 is 18.3. The molecule has 142 valence electrons. The Hall–Kier alpha value is -3.74. The molecule has 2 aromatic carbocycles. The molecule has 0 bridgehead atoms. The van der Waals surface area contributed by atoms with Crippen molar-refractivity contribution < 1.29 is 18.7 Å². The van der Waals surface area contributed by atoms with Crippen molar-refractivity contribution in [3.63, 3.8) is 0 Å². The summed E-state index contributed by atoms with van der Waals surface area (Å²) in [5.74, 6) is -0.412. The molecule has 0 atom stereocenters.